The van der Waals surface area contributed by atoms with E-state index in [2.05, 4.69) is 0 Å². The zero-order valence-corrected chi connectivity index (χ0v) is 6.89. The van der Waals surface area contributed by atoms with Crippen LogP contribution >= 0.6 is 0 Å². The molecule has 1 aliphatic heterocycles. The Labute approximate surface area is 70.0 Å². The molecule has 1 aliphatic rings. The molecule has 0 aromatic carbocycles. The van der Waals surface area contributed by atoms with Crippen molar-refractivity contribution in [2.75, 3.05) is 6.54 Å². The molecule has 12 heavy (non-hydrogen) atoms. The summed E-state index contributed by atoms with van der Waals surface area (Å²) in [6.45, 7) is 2.87. The largest absolute Gasteiger partial charge is 0.758 e. The van der Waals surface area contributed by atoms with Crippen molar-refractivity contribution in [1.29, 1.82) is 5.26 Å². The average Bonchev–Trinajstić information content (AvgIpc) is 2.08. The first kappa shape index (κ1) is 8.75. The summed E-state index contributed by atoms with van der Waals surface area (Å²) >= 11 is 0. The highest BCUT2D eigenvalue weighted by atomic mass is 19.1. The summed E-state index contributed by atoms with van der Waals surface area (Å²) in [5.74, 6) is -0.576. The predicted molar refractivity (Wildman–Crippen MR) is 42.2 cm³/mol. The third-order valence-electron chi connectivity index (χ3n) is 1.91. The van der Waals surface area contributed by atoms with Crippen molar-refractivity contribution in [3.8, 4) is 6.07 Å². The van der Waals surface area contributed by atoms with Gasteiger partial charge >= 0.3 is 0 Å². The van der Waals surface area contributed by atoms with Crippen molar-refractivity contribution >= 4 is 0 Å². The highest BCUT2D eigenvalue weighted by molar-refractivity contribution is 5.43. The van der Waals surface area contributed by atoms with Gasteiger partial charge in [-0.3, -0.25) is 0 Å². The lowest BCUT2D eigenvalue weighted by Crippen LogP contribution is -2.22. The Hall–Kier alpha value is -1.34. The van der Waals surface area contributed by atoms with Gasteiger partial charge in [0, 0.05) is 17.8 Å². The Bertz CT molecular complexity index is 312. The molecule has 0 saturated heterocycles. The normalized spacial score (nSPS) is 18.4. The maximum Gasteiger partial charge on any atom is 0.145 e. The maximum absolute atomic E-state index is 13.1. The fraction of sp³-hybridized carbons (Fsp3) is 0.375. The molecule has 0 spiro atoms. The molecule has 0 radical (unpaired) electrons. The van der Waals surface area contributed by atoms with E-state index in [4.69, 9.17) is 5.26 Å². The van der Waals surface area contributed by atoms with Crippen LogP contribution in [0.15, 0.2) is 22.7 Å². The summed E-state index contributed by atoms with van der Waals surface area (Å²) in [5.41, 5.74) is 0.529. The number of hydroxylamine groups is 2. The van der Waals surface area contributed by atoms with Gasteiger partial charge in [0.15, 0.2) is 0 Å². The molecule has 0 fully saturated rings. The molecule has 0 aromatic rings. The smallest absolute Gasteiger partial charge is 0.145 e. The van der Waals surface area contributed by atoms with E-state index < -0.39 is 5.83 Å². The number of nitrogens with zero attached hydrogens (tertiary/aromatic N) is 2. The first-order valence-corrected chi connectivity index (χ1v) is 3.49. The van der Waals surface area contributed by atoms with Crippen LogP contribution in [0, 0.1) is 16.5 Å². The Kier molecular flexibility index (Phi) is 2.15. The molecule has 0 unspecified atom stereocenters. The molecule has 1 rings (SSSR count). The monoisotopic (exact) mass is 167 g/mol. The molecule has 0 amide bonds. The quantitative estimate of drug-likeness (QED) is 0.553. The first-order chi connectivity index (χ1) is 5.57. The van der Waals surface area contributed by atoms with E-state index >= 15 is 0 Å². The lowest BCUT2D eigenvalue weighted by atomic mass is 10.1. The van der Waals surface area contributed by atoms with E-state index in [0.29, 0.717) is 5.06 Å². The van der Waals surface area contributed by atoms with Gasteiger partial charge in [-0.05, 0) is 13.8 Å². The highest BCUT2D eigenvalue weighted by Gasteiger charge is 2.16. The fourth-order valence-electron chi connectivity index (χ4n) is 1.01. The summed E-state index contributed by atoms with van der Waals surface area (Å²) in [6.07, 6.45) is 0. The molecule has 1 heterocycles. The number of hydrogen-bond donors (Lipinski definition) is 0. The summed E-state index contributed by atoms with van der Waals surface area (Å²) in [6, 6.07) is 1.80. The van der Waals surface area contributed by atoms with Gasteiger partial charge in [-0.15, -0.1) is 0 Å². The van der Waals surface area contributed by atoms with E-state index in [0.717, 1.165) is 0 Å². The molecule has 0 N–H and O–H groups in total. The topological polar surface area (TPSA) is 50.1 Å². The second-order valence-corrected chi connectivity index (χ2v) is 2.65. The molecule has 0 aromatic heterocycles. The zero-order chi connectivity index (χ0) is 9.30. The van der Waals surface area contributed by atoms with E-state index in [1.807, 2.05) is 0 Å². The molecule has 0 atom stereocenters. The SMILES string of the molecule is CC1=C(C#N)CN([O-])C(C)=C1F. The van der Waals surface area contributed by atoms with Crippen molar-refractivity contribution < 1.29 is 4.39 Å². The van der Waals surface area contributed by atoms with E-state index in [9.17, 15) is 9.60 Å². The lowest BCUT2D eigenvalue weighted by molar-refractivity contribution is 0.458. The van der Waals surface area contributed by atoms with E-state index in [-0.39, 0.29) is 23.4 Å². The van der Waals surface area contributed by atoms with Crippen LogP contribution in [0.5, 0.6) is 0 Å². The van der Waals surface area contributed by atoms with Gasteiger partial charge in [0.2, 0.25) is 0 Å². The van der Waals surface area contributed by atoms with Gasteiger partial charge in [0.1, 0.15) is 5.83 Å². The van der Waals surface area contributed by atoms with Crippen molar-refractivity contribution in [3.05, 3.63) is 27.9 Å². The van der Waals surface area contributed by atoms with Gasteiger partial charge in [-0.1, -0.05) is 0 Å². The number of nitriles is 1. The molecular formula is C8H8FN2O-. The molecular weight excluding hydrogens is 159 g/mol. The van der Waals surface area contributed by atoms with Crippen molar-refractivity contribution in [2.24, 2.45) is 0 Å². The minimum absolute atomic E-state index is 0.0401. The fourth-order valence-corrected chi connectivity index (χ4v) is 1.01. The standard InChI is InChI=1S/C8H8FN2O/c1-5-7(3-10)4-11(12)6(2)8(5)9/h4H2,1-2H3/q-1. The molecule has 0 saturated carbocycles. The lowest BCUT2D eigenvalue weighted by Gasteiger charge is -2.34. The van der Waals surface area contributed by atoms with Gasteiger partial charge in [0.25, 0.3) is 0 Å². The van der Waals surface area contributed by atoms with E-state index in [1.54, 1.807) is 6.07 Å². The van der Waals surface area contributed by atoms with Crippen LogP contribution < -0.4 is 0 Å². The van der Waals surface area contributed by atoms with Crippen LogP contribution in [0.1, 0.15) is 13.8 Å². The van der Waals surface area contributed by atoms with Gasteiger partial charge in [-0.25, -0.2) is 4.39 Å². The summed E-state index contributed by atoms with van der Waals surface area (Å²) in [4.78, 5) is 0. The van der Waals surface area contributed by atoms with Crippen LogP contribution in [0.4, 0.5) is 4.39 Å². The third kappa shape index (κ3) is 1.19. The Morgan fingerprint density at radius 2 is 2.17 bits per heavy atom. The number of halogens is 1. The minimum atomic E-state index is -0.576. The second-order valence-electron chi connectivity index (χ2n) is 2.65. The number of allylic oxidation sites excluding steroid dienone is 3. The summed E-state index contributed by atoms with van der Waals surface area (Å²) in [7, 11) is 0. The van der Waals surface area contributed by atoms with Crippen LogP contribution in [0.3, 0.4) is 0 Å². The predicted octanol–water partition coefficient (Wildman–Crippen LogP) is 1.84. The highest BCUT2D eigenvalue weighted by Crippen LogP contribution is 2.26. The van der Waals surface area contributed by atoms with Crippen molar-refractivity contribution in [3.63, 3.8) is 0 Å². The van der Waals surface area contributed by atoms with Crippen molar-refractivity contribution in [2.45, 2.75) is 13.8 Å². The molecule has 0 aliphatic carbocycles. The van der Waals surface area contributed by atoms with E-state index in [1.165, 1.54) is 13.8 Å². The zero-order valence-electron chi connectivity index (χ0n) is 6.89. The van der Waals surface area contributed by atoms with Crippen LogP contribution in [0.2, 0.25) is 0 Å². The number of hydrogen-bond acceptors (Lipinski definition) is 3. The third-order valence-corrected chi connectivity index (χ3v) is 1.91. The average molecular weight is 167 g/mol. The van der Waals surface area contributed by atoms with Crippen LogP contribution in [0.25, 0.3) is 0 Å². The Morgan fingerprint density at radius 3 is 2.67 bits per heavy atom. The molecule has 3 nitrogen and oxygen atoms in total. The molecule has 4 heteroatoms. The van der Waals surface area contributed by atoms with Gasteiger partial charge in [0.05, 0.1) is 11.6 Å². The minimum Gasteiger partial charge on any atom is -0.758 e. The van der Waals surface area contributed by atoms with Gasteiger partial charge < -0.3 is 10.3 Å². The second kappa shape index (κ2) is 2.95. The Morgan fingerprint density at radius 1 is 1.58 bits per heavy atom. The van der Waals surface area contributed by atoms with Crippen LogP contribution in [-0.2, 0) is 0 Å². The first-order valence-electron chi connectivity index (χ1n) is 3.49. The summed E-state index contributed by atoms with van der Waals surface area (Å²) < 4.78 is 13.1. The molecule has 64 valence electrons. The van der Waals surface area contributed by atoms with Crippen molar-refractivity contribution in [1.82, 2.24) is 5.06 Å². The Balaban J connectivity index is 3.17. The summed E-state index contributed by atoms with van der Waals surface area (Å²) in [5, 5.41) is 20.0. The van der Waals surface area contributed by atoms with Gasteiger partial charge in [-0.2, -0.15) is 5.26 Å². The van der Waals surface area contributed by atoms with Crippen LogP contribution in [-0.4, -0.2) is 11.6 Å². The maximum atomic E-state index is 13.1. The molecule has 0 bridgehead atoms. The number of rotatable bonds is 0.